The summed E-state index contributed by atoms with van der Waals surface area (Å²) in [6, 6.07) is 17.0. The molecule has 0 saturated heterocycles. The summed E-state index contributed by atoms with van der Waals surface area (Å²) in [4.78, 5) is 24.8. The summed E-state index contributed by atoms with van der Waals surface area (Å²) in [5.74, 6) is 0.789. The Morgan fingerprint density at radius 1 is 1.05 bits per heavy atom. The molecule has 0 aliphatic heterocycles. The van der Waals surface area contributed by atoms with Crippen molar-refractivity contribution in [1.82, 2.24) is 5.32 Å². The Kier molecular flexibility index (Phi) is 10.1. The van der Waals surface area contributed by atoms with Crippen LogP contribution in [-0.4, -0.2) is 39.5 Å². The smallest absolute Gasteiger partial charge is 0.254 e. The van der Waals surface area contributed by atoms with Crippen molar-refractivity contribution in [1.29, 1.82) is 0 Å². The lowest BCUT2D eigenvalue weighted by atomic mass is 10.1. The van der Waals surface area contributed by atoms with Gasteiger partial charge in [0, 0.05) is 17.4 Å². The largest absolute Gasteiger partial charge is 0.342 e. The quantitative estimate of drug-likeness (QED) is 0.231. The Labute approximate surface area is 232 Å². The zero-order valence-corrected chi connectivity index (χ0v) is 23.9. The average molecular weight is 594 g/mol. The first-order valence-corrected chi connectivity index (χ1v) is 15.8. The molecule has 0 radical (unpaired) electrons. The fourth-order valence-electron chi connectivity index (χ4n) is 3.65. The van der Waals surface area contributed by atoms with Crippen molar-refractivity contribution >= 4 is 64.0 Å². The zero-order chi connectivity index (χ0) is 27.9. The van der Waals surface area contributed by atoms with Crippen LogP contribution in [0.25, 0.3) is 6.08 Å². The number of carbonyl (C=O) groups is 2. The first-order chi connectivity index (χ1) is 18.0. The van der Waals surface area contributed by atoms with Gasteiger partial charge in [0.2, 0.25) is 0 Å². The van der Waals surface area contributed by atoms with Gasteiger partial charge in [0.15, 0.2) is 9.84 Å². The summed E-state index contributed by atoms with van der Waals surface area (Å²) in [6.07, 6.45) is 3.27. The van der Waals surface area contributed by atoms with Gasteiger partial charge in [-0.25, -0.2) is 8.42 Å². The lowest BCUT2D eigenvalue weighted by Crippen LogP contribution is -2.38. The molecule has 0 bridgehead atoms. The van der Waals surface area contributed by atoms with Gasteiger partial charge >= 0.3 is 0 Å². The van der Waals surface area contributed by atoms with Gasteiger partial charge in [-0.3, -0.25) is 9.36 Å². The second-order valence-corrected chi connectivity index (χ2v) is 13.5. The number of rotatable bonds is 11. The van der Waals surface area contributed by atoms with Crippen molar-refractivity contribution in [3.05, 3.63) is 99.3 Å². The van der Waals surface area contributed by atoms with Crippen molar-refractivity contribution < 1.29 is 27.1 Å². The van der Waals surface area contributed by atoms with Crippen LogP contribution in [-0.2, 0) is 30.1 Å². The number of nitrogens with one attached hydrogen (secondary N) is 1. The highest BCUT2D eigenvalue weighted by atomic mass is 35.5. The van der Waals surface area contributed by atoms with E-state index in [1.54, 1.807) is 49.4 Å². The van der Waals surface area contributed by atoms with Crippen molar-refractivity contribution in [2.24, 2.45) is 0 Å². The summed E-state index contributed by atoms with van der Waals surface area (Å²) in [6.45, 7) is 1.99. The first-order valence-electron chi connectivity index (χ1n) is 11.5. The van der Waals surface area contributed by atoms with E-state index < -0.39 is 29.2 Å². The third kappa shape index (κ3) is 7.65. The monoisotopic (exact) mass is 593 g/mol. The summed E-state index contributed by atoms with van der Waals surface area (Å²) >= 11 is 12.8. The molecule has 2 atom stereocenters. The van der Waals surface area contributed by atoms with Crippen molar-refractivity contribution in [3.63, 3.8) is 0 Å². The van der Waals surface area contributed by atoms with E-state index in [0.717, 1.165) is 6.26 Å². The van der Waals surface area contributed by atoms with E-state index in [2.05, 4.69) is 5.32 Å². The van der Waals surface area contributed by atoms with Crippen LogP contribution in [0.2, 0.25) is 10.0 Å². The molecule has 7 nitrogen and oxygen atoms in total. The minimum atomic E-state index is -3.42. The minimum absolute atomic E-state index is 0.0294. The van der Waals surface area contributed by atoms with Crippen LogP contribution in [0.15, 0.2) is 77.4 Å². The third-order valence-corrected chi connectivity index (χ3v) is 9.36. The van der Waals surface area contributed by atoms with Crippen LogP contribution < -0.4 is 10.6 Å². The number of carbonyl (C=O) groups excluding carboxylic acids is 2. The standard InChI is InChI=1S/C27H26Cl2NO6PS/c1-3-36-37(33,22-9-5-4-6-10-22)13-12-20-16-24(28)26(25(29)17-20)27(32)30-21(18-31)14-19-8-7-11-23(15-19)38(2,34)35/h4-13,15-18,21H,3,14H2,1-2H3,(H,30,32)/b13-12+. The molecular formula is C27H26Cl2NO6PS. The van der Waals surface area contributed by atoms with Gasteiger partial charge in [-0.15, -0.1) is 0 Å². The molecule has 38 heavy (non-hydrogen) atoms. The SMILES string of the molecule is CCOP(=O)(/C=C/c1cc(Cl)c(C(=O)NC(C=O)Cc2cccc(S(C)(=O)=O)c2)c(Cl)c1)c1ccccc1. The van der Waals surface area contributed by atoms with Crippen LogP contribution in [0.5, 0.6) is 0 Å². The van der Waals surface area contributed by atoms with E-state index >= 15 is 0 Å². The number of sulfone groups is 1. The molecule has 0 spiro atoms. The number of amides is 1. The predicted octanol–water partition coefficient (Wildman–Crippen LogP) is 5.55. The maximum atomic E-state index is 13.4. The van der Waals surface area contributed by atoms with E-state index in [-0.39, 0.29) is 33.5 Å². The van der Waals surface area contributed by atoms with E-state index in [1.165, 1.54) is 30.1 Å². The Morgan fingerprint density at radius 3 is 2.29 bits per heavy atom. The molecule has 1 N–H and O–H groups in total. The topological polar surface area (TPSA) is 107 Å². The van der Waals surface area contributed by atoms with Crippen molar-refractivity contribution in [2.45, 2.75) is 24.3 Å². The molecule has 0 saturated carbocycles. The minimum Gasteiger partial charge on any atom is -0.342 e. The summed E-state index contributed by atoms with van der Waals surface area (Å²) in [7, 11) is -6.72. The normalized spacial score (nSPS) is 14.1. The molecule has 2 unspecified atom stereocenters. The van der Waals surface area contributed by atoms with Crippen LogP contribution in [0, 0.1) is 0 Å². The fraction of sp³-hybridized carbons (Fsp3) is 0.185. The van der Waals surface area contributed by atoms with Gasteiger partial charge in [0.25, 0.3) is 13.3 Å². The Morgan fingerprint density at radius 2 is 1.71 bits per heavy atom. The van der Waals surface area contributed by atoms with Gasteiger partial charge in [-0.05, 0) is 66.9 Å². The highest BCUT2D eigenvalue weighted by Gasteiger charge is 2.23. The van der Waals surface area contributed by atoms with E-state index in [0.29, 0.717) is 22.7 Å². The lowest BCUT2D eigenvalue weighted by molar-refractivity contribution is -0.109. The van der Waals surface area contributed by atoms with Crippen LogP contribution in [0.3, 0.4) is 0 Å². The number of hydrogen-bond donors (Lipinski definition) is 1. The predicted molar refractivity (Wildman–Crippen MR) is 151 cm³/mol. The maximum absolute atomic E-state index is 13.4. The van der Waals surface area contributed by atoms with E-state index in [1.807, 2.05) is 6.07 Å². The molecule has 3 rings (SSSR count). The number of aldehydes is 1. The Hall–Kier alpha value is -2.74. The molecule has 3 aromatic carbocycles. The van der Waals surface area contributed by atoms with Gasteiger partial charge < -0.3 is 14.6 Å². The molecule has 0 aliphatic rings. The molecule has 0 heterocycles. The molecule has 11 heteroatoms. The van der Waals surface area contributed by atoms with Crippen molar-refractivity contribution in [3.8, 4) is 0 Å². The molecule has 1 amide bonds. The fourth-order valence-corrected chi connectivity index (χ4v) is 6.77. The van der Waals surface area contributed by atoms with Crippen LogP contribution in [0.4, 0.5) is 0 Å². The second kappa shape index (κ2) is 12.9. The van der Waals surface area contributed by atoms with Gasteiger partial charge in [-0.2, -0.15) is 0 Å². The highest BCUT2D eigenvalue weighted by Crippen LogP contribution is 2.48. The number of benzene rings is 3. The summed E-state index contributed by atoms with van der Waals surface area (Å²) in [5, 5.41) is 3.18. The molecule has 200 valence electrons. The van der Waals surface area contributed by atoms with Gasteiger partial charge in [0.1, 0.15) is 6.29 Å². The van der Waals surface area contributed by atoms with Crippen molar-refractivity contribution in [2.75, 3.05) is 12.9 Å². The average Bonchev–Trinajstić information content (AvgIpc) is 2.87. The molecule has 0 aliphatic carbocycles. The van der Waals surface area contributed by atoms with Crippen LogP contribution >= 0.6 is 30.6 Å². The number of hydrogen-bond acceptors (Lipinski definition) is 6. The highest BCUT2D eigenvalue weighted by molar-refractivity contribution is 7.90. The van der Waals surface area contributed by atoms with E-state index in [9.17, 15) is 22.6 Å². The van der Waals surface area contributed by atoms with Gasteiger partial charge in [0.05, 0.1) is 33.2 Å². The first kappa shape index (κ1) is 29.8. The van der Waals surface area contributed by atoms with E-state index in [4.69, 9.17) is 27.7 Å². The number of halogens is 2. The second-order valence-electron chi connectivity index (χ2n) is 8.37. The van der Waals surface area contributed by atoms with Crippen LogP contribution in [0.1, 0.15) is 28.4 Å². The molecule has 0 fully saturated rings. The zero-order valence-electron chi connectivity index (χ0n) is 20.6. The Bertz CT molecular complexity index is 1490. The molecule has 3 aromatic rings. The van der Waals surface area contributed by atoms with Gasteiger partial charge in [-0.1, -0.05) is 53.5 Å². The molecule has 0 aromatic heterocycles. The summed E-state index contributed by atoms with van der Waals surface area (Å²) < 4.78 is 42.6. The third-order valence-electron chi connectivity index (χ3n) is 5.45. The maximum Gasteiger partial charge on any atom is 0.254 e. The Balaban J connectivity index is 1.80. The lowest BCUT2D eigenvalue weighted by Gasteiger charge is -2.16. The molecular weight excluding hydrogens is 568 g/mol. The summed E-state index contributed by atoms with van der Waals surface area (Å²) in [5.41, 5.74) is 1.02.